The summed E-state index contributed by atoms with van der Waals surface area (Å²) in [5.41, 5.74) is 0.840. The lowest BCUT2D eigenvalue weighted by atomic mass is 9.71. The molecule has 1 aliphatic carbocycles. The molecule has 1 fully saturated rings. The molecule has 0 aromatic carbocycles. The fraction of sp³-hybridized carbons (Fsp3) is 0.818. The largest absolute Gasteiger partial charge is 0.386 e. The summed E-state index contributed by atoms with van der Waals surface area (Å²) in [6.45, 7) is 2.17. The lowest BCUT2D eigenvalue weighted by Gasteiger charge is -2.37. The van der Waals surface area contributed by atoms with Gasteiger partial charge in [-0.1, -0.05) is 31.4 Å². The van der Waals surface area contributed by atoms with Gasteiger partial charge < -0.3 is 5.11 Å². The Morgan fingerprint density at radius 1 is 1.40 bits per heavy atom. The molecule has 1 atom stereocenters. The highest BCUT2D eigenvalue weighted by atomic mass is 16.3. The van der Waals surface area contributed by atoms with E-state index in [9.17, 15) is 5.11 Å². The van der Waals surface area contributed by atoms with Crippen LogP contribution in [-0.4, -0.2) is 20.1 Å². The Labute approximate surface area is 90.3 Å². The number of aliphatic hydroxyl groups excluding tert-OH is 1. The van der Waals surface area contributed by atoms with E-state index in [2.05, 4.69) is 17.2 Å². The van der Waals surface area contributed by atoms with Crippen LogP contribution in [0.2, 0.25) is 0 Å². The number of hydrogen-bond acceptors (Lipinski definition) is 3. The summed E-state index contributed by atoms with van der Waals surface area (Å²) in [6.07, 6.45) is 7.17. The van der Waals surface area contributed by atoms with Gasteiger partial charge in [0.05, 0.1) is 11.9 Å². The highest BCUT2D eigenvalue weighted by Crippen LogP contribution is 2.45. The molecule has 1 heterocycles. The summed E-state index contributed by atoms with van der Waals surface area (Å²) in [6, 6.07) is 0. The maximum Gasteiger partial charge on any atom is 0.103 e. The highest BCUT2D eigenvalue weighted by molar-refractivity contribution is 5.04. The van der Waals surface area contributed by atoms with Crippen molar-refractivity contribution in [3.05, 3.63) is 11.9 Å². The maximum atomic E-state index is 10.4. The first-order valence-electron chi connectivity index (χ1n) is 5.66. The zero-order valence-corrected chi connectivity index (χ0v) is 9.48. The molecule has 84 valence electrons. The van der Waals surface area contributed by atoms with Gasteiger partial charge in [0.1, 0.15) is 6.10 Å². The molecule has 15 heavy (non-hydrogen) atoms. The minimum absolute atomic E-state index is 0.00766. The van der Waals surface area contributed by atoms with Crippen LogP contribution >= 0.6 is 0 Å². The molecule has 1 aromatic heterocycles. The normalized spacial score (nSPS) is 22.6. The lowest BCUT2D eigenvalue weighted by Crippen LogP contribution is -2.29. The third kappa shape index (κ3) is 1.91. The van der Waals surface area contributed by atoms with E-state index >= 15 is 0 Å². The summed E-state index contributed by atoms with van der Waals surface area (Å²) in [7, 11) is 1.83. The van der Waals surface area contributed by atoms with Gasteiger partial charge in [0.2, 0.25) is 0 Å². The van der Waals surface area contributed by atoms with Crippen molar-refractivity contribution in [3.8, 4) is 0 Å². The summed E-state index contributed by atoms with van der Waals surface area (Å²) < 4.78 is 1.67. The molecule has 0 saturated heterocycles. The van der Waals surface area contributed by atoms with Crippen LogP contribution in [0.15, 0.2) is 6.20 Å². The standard InChI is InChI=1S/C11H19N3O/c1-11(6-4-3-5-7-11)10(15)9-8-12-13-14(9)2/h8,10,15H,3-7H2,1-2H3. The second kappa shape index (κ2) is 3.93. The number of aromatic nitrogens is 3. The highest BCUT2D eigenvalue weighted by Gasteiger charge is 2.36. The first kappa shape index (κ1) is 10.6. The Hall–Kier alpha value is -0.900. The smallest absolute Gasteiger partial charge is 0.103 e. The molecule has 0 radical (unpaired) electrons. The molecule has 0 amide bonds. The van der Waals surface area contributed by atoms with E-state index in [0.717, 1.165) is 18.5 Å². The average Bonchev–Trinajstić information content (AvgIpc) is 2.64. The fourth-order valence-corrected chi connectivity index (χ4v) is 2.54. The molecule has 0 aliphatic heterocycles. The lowest BCUT2D eigenvalue weighted by molar-refractivity contribution is 0.00277. The van der Waals surface area contributed by atoms with E-state index in [1.165, 1.54) is 19.3 Å². The SMILES string of the molecule is Cn1nncc1C(O)C1(C)CCCCC1. The molecule has 1 unspecified atom stereocenters. The molecule has 0 spiro atoms. The van der Waals surface area contributed by atoms with Crippen LogP contribution in [0.5, 0.6) is 0 Å². The van der Waals surface area contributed by atoms with Gasteiger partial charge in [-0.3, -0.25) is 0 Å². The maximum absolute atomic E-state index is 10.4. The van der Waals surface area contributed by atoms with Crippen LogP contribution in [0.3, 0.4) is 0 Å². The van der Waals surface area contributed by atoms with E-state index in [4.69, 9.17) is 0 Å². The van der Waals surface area contributed by atoms with Crippen LogP contribution in [0.25, 0.3) is 0 Å². The fourth-order valence-electron chi connectivity index (χ4n) is 2.54. The molecule has 0 bridgehead atoms. The van der Waals surface area contributed by atoms with E-state index in [0.29, 0.717) is 0 Å². The molecule has 4 nitrogen and oxygen atoms in total. The van der Waals surface area contributed by atoms with Gasteiger partial charge in [-0.05, 0) is 18.3 Å². The van der Waals surface area contributed by atoms with E-state index in [1.807, 2.05) is 7.05 Å². The average molecular weight is 209 g/mol. The second-order valence-corrected chi connectivity index (χ2v) is 4.90. The minimum Gasteiger partial charge on any atom is -0.386 e. The Morgan fingerprint density at radius 3 is 2.60 bits per heavy atom. The Kier molecular flexibility index (Phi) is 2.78. The van der Waals surface area contributed by atoms with Gasteiger partial charge >= 0.3 is 0 Å². The van der Waals surface area contributed by atoms with Crippen molar-refractivity contribution in [2.24, 2.45) is 12.5 Å². The topological polar surface area (TPSA) is 50.9 Å². The Morgan fingerprint density at radius 2 is 2.07 bits per heavy atom. The van der Waals surface area contributed by atoms with Crippen LogP contribution in [0.4, 0.5) is 0 Å². The van der Waals surface area contributed by atoms with Crippen molar-refractivity contribution in [1.82, 2.24) is 15.0 Å². The Balaban J connectivity index is 2.19. The van der Waals surface area contributed by atoms with Crippen molar-refractivity contribution in [2.45, 2.75) is 45.1 Å². The first-order valence-corrected chi connectivity index (χ1v) is 5.66. The van der Waals surface area contributed by atoms with Crippen molar-refractivity contribution >= 4 is 0 Å². The molecular weight excluding hydrogens is 190 g/mol. The monoisotopic (exact) mass is 209 g/mol. The van der Waals surface area contributed by atoms with Crippen molar-refractivity contribution in [2.75, 3.05) is 0 Å². The van der Waals surface area contributed by atoms with Gasteiger partial charge in [0.25, 0.3) is 0 Å². The summed E-state index contributed by atoms with van der Waals surface area (Å²) in [4.78, 5) is 0. The van der Waals surface area contributed by atoms with Gasteiger partial charge in [0.15, 0.2) is 0 Å². The predicted molar refractivity (Wildman–Crippen MR) is 57.2 cm³/mol. The zero-order chi connectivity index (χ0) is 10.9. The molecule has 1 aromatic rings. The molecule has 1 N–H and O–H groups in total. The molecule has 4 heteroatoms. The van der Waals surface area contributed by atoms with Crippen LogP contribution < -0.4 is 0 Å². The van der Waals surface area contributed by atoms with Crippen molar-refractivity contribution < 1.29 is 5.11 Å². The summed E-state index contributed by atoms with van der Waals surface area (Å²) >= 11 is 0. The van der Waals surface area contributed by atoms with E-state index in [1.54, 1.807) is 10.9 Å². The summed E-state index contributed by atoms with van der Waals surface area (Å²) in [5.74, 6) is 0. The zero-order valence-electron chi connectivity index (χ0n) is 9.48. The number of nitrogens with zero attached hydrogens (tertiary/aromatic N) is 3. The number of rotatable bonds is 2. The molecule has 1 saturated carbocycles. The van der Waals surface area contributed by atoms with Crippen molar-refractivity contribution in [1.29, 1.82) is 0 Å². The van der Waals surface area contributed by atoms with Crippen LogP contribution in [0, 0.1) is 5.41 Å². The van der Waals surface area contributed by atoms with Crippen LogP contribution in [-0.2, 0) is 7.05 Å². The van der Waals surface area contributed by atoms with E-state index < -0.39 is 6.10 Å². The number of hydrogen-bond donors (Lipinski definition) is 1. The third-order valence-electron chi connectivity index (χ3n) is 3.69. The molecule has 2 rings (SSSR count). The third-order valence-corrected chi connectivity index (χ3v) is 3.69. The summed E-state index contributed by atoms with van der Waals surface area (Å²) in [5, 5.41) is 18.1. The molecular formula is C11H19N3O. The minimum atomic E-state index is -0.433. The number of aliphatic hydroxyl groups is 1. The molecule has 1 aliphatic rings. The first-order chi connectivity index (χ1) is 7.13. The predicted octanol–water partition coefficient (Wildman–Crippen LogP) is 1.82. The van der Waals surface area contributed by atoms with E-state index in [-0.39, 0.29) is 5.41 Å². The Bertz CT molecular complexity index is 328. The second-order valence-electron chi connectivity index (χ2n) is 4.90. The number of aryl methyl sites for hydroxylation is 1. The van der Waals surface area contributed by atoms with Gasteiger partial charge in [-0.2, -0.15) is 0 Å². The van der Waals surface area contributed by atoms with Gasteiger partial charge in [-0.25, -0.2) is 4.68 Å². The van der Waals surface area contributed by atoms with Gasteiger partial charge in [-0.15, -0.1) is 5.10 Å². The van der Waals surface area contributed by atoms with Crippen molar-refractivity contribution in [3.63, 3.8) is 0 Å². The van der Waals surface area contributed by atoms with Gasteiger partial charge in [0, 0.05) is 7.05 Å². The van der Waals surface area contributed by atoms with Crippen LogP contribution in [0.1, 0.15) is 50.8 Å². The quantitative estimate of drug-likeness (QED) is 0.808.